The molecule has 0 aliphatic rings. The number of hydrogen-bond donors (Lipinski definition) is 2. The van der Waals surface area contributed by atoms with Crippen LogP contribution in [0.25, 0.3) is 0 Å². The number of aromatic hydroxyl groups is 2. The summed E-state index contributed by atoms with van der Waals surface area (Å²) < 4.78 is 4.89. The zero-order chi connectivity index (χ0) is 11.6. The lowest BCUT2D eigenvalue weighted by molar-refractivity contribution is 0.349. The zero-order valence-corrected chi connectivity index (χ0v) is 8.90. The Balaban J connectivity index is 3.36. The number of nitriles is 1. The Kier molecular flexibility index (Phi) is 2.76. The number of benzene rings is 1. The minimum atomic E-state index is -0.738. The lowest BCUT2D eigenvalue weighted by atomic mass is 9.86. The van der Waals surface area contributed by atoms with Gasteiger partial charge in [0.1, 0.15) is 0 Å². The minimum absolute atomic E-state index is 0.160. The molecule has 80 valence electrons. The van der Waals surface area contributed by atoms with Crippen molar-refractivity contribution in [1.29, 1.82) is 5.26 Å². The lowest BCUT2D eigenvalue weighted by Crippen LogP contribution is -2.13. The van der Waals surface area contributed by atoms with E-state index in [1.165, 1.54) is 19.2 Å². The number of methoxy groups -OCH3 is 1. The van der Waals surface area contributed by atoms with Crippen LogP contribution in [0.4, 0.5) is 0 Å². The summed E-state index contributed by atoms with van der Waals surface area (Å²) in [6.45, 7) is 3.44. The monoisotopic (exact) mass is 207 g/mol. The van der Waals surface area contributed by atoms with Crippen molar-refractivity contribution in [2.24, 2.45) is 0 Å². The fraction of sp³-hybridized carbons (Fsp3) is 0.364. The van der Waals surface area contributed by atoms with E-state index < -0.39 is 5.41 Å². The fourth-order valence-corrected chi connectivity index (χ4v) is 1.17. The van der Waals surface area contributed by atoms with Gasteiger partial charge in [0.2, 0.25) is 5.75 Å². The molecule has 0 atom stereocenters. The molecule has 0 bridgehead atoms. The largest absolute Gasteiger partial charge is 0.504 e. The van der Waals surface area contributed by atoms with Crippen molar-refractivity contribution in [1.82, 2.24) is 0 Å². The second-order valence-electron chi connectivity index (χ2n) is 3.78. The number of ether oxygens (including phenoxy) is 1. The van der Waals surface area contributed by atoms with Gasteiger partial charge >= 0.3 is 0 Å². The molecule has 0 unspecified atom stereocenters. The summed E-state index contributed by atoms with van der Waals surface area (Å²) in [6, 6.07) is 5.01. The van der Waals surface area contributed by atoms with Gasteiger partial charge < -0.3 is 14.9 Å². The smallest absolute Gasteiger partial charge is 0.200 e. The molecular weight excluding hydrogens is 194 g/mol. The van der Waals surface area contributed by atoms with E-state index in [0.29, 0.717) is 5.56 Å². The Morgan fingerprint density at radius 3 is 2.40 bits per heavy atom. The highest BCUT2D eigenvalue weighted by Gasteiger charge is 2.23. The number of phenolic OH excluding ortho intramolecular Hbond substituents is 2. The van der Waals surface area contributed by atoms with Crippen molar-refractivity contribution in [3.05, 3.63) is 17.7 Å². The van der Waals surface area contributed by atoms with E-state index in [0.717, 1.165) is 0 Å². The van der Waals surface area contributed by atoms with Gasteiger partial charge in [-0.3, -0.25) is 0 Å². The van der Waals surface area contributed by atoms with E-state index in [9.17, 15) is 10.2 Å². The van der Waals surface area contributed by atoms with Crippen LogP contribution in [-0.4, -0.2) is 17.3 Å². The third-order valence-corrected chi connectivity index (χ3v) is 2.28. The average Bonchev–Trinajstić information content (AvgIpc) is 2.21. The van der Waals surface area contributed by atoms with E-state index in [1.54, 1.807) is 13.8 Å². The van der Waals surface area contributed by atoms with E-state index in [2.05, 4.69) is 6.07 Å². The molecule has 0 radical (unpaired) electrons. The highest BCUT2D eigenvalue weighted by molar-refractivity contribution is 5.54. The highest BCUT2D eigenvalue weighted by Crippen LogP contribution is 2.39. The topological polar surface area (TPSA) is 73.5 Å². The molecule has 0 spiro atoms. The van der Waals surface area contributed by atoms with Crippen LogP contribution < -0.4 is 4.74 Å². The molecule has 0 saturated heterocycles. The molecule has 0 fully saturated rings. The molecule has 0 amide bonds. The molecule has 2 N–H and O–H groups in total. The molecule has 1 aromatic carbocycles. The molecule has 1 aromatic rings. The van der Waals surface area contributed by atoms with E-state index in [1.807, 2.05) is 0 Å². The average molecular weight is 207 g/mol. The quantitative estimate of drug-likeness (QED) is 0.726. The fourth-order valence-electron chi connectivity index (χ4n) is 1.17. The normalized spacial score (nSPS) is 10.8. The van der Waals surface area contributed by atoms with Crippen LogP contribution in [-0.2, 0) is 5.41 Å². The van der Waals surface area contributed by atoms with Crippen molar-refractivity contribution < 1.29 is 14.9 Å². The van der Waals surface area contributed by atoms with Crippen LogP contribution in [0.1, 0.15) is 19.4 Å². The van der Waals surface area contributed by atoms with Crippen molar-refractivity contribution >= 4 is 0 Å². The third-order valence-electron chi connectivity index (χ3n) is 2.28. The Morgan fingerprint density at radius 1 is 1.33 bits per heavy atom. The Hall–Kier alpha value is -1.89. The van der Waals surface area contributed by atoms with Crippen molar-refractivity contribution in [2.75, 3.05) is 7.11 Å². The Morgan fingerprint density at radius 2 is 1.93 bits per heavy atom. The van der Waals surface area contributed by atoms with E-state index in [4.69, 9.17) is 10.00 Å². The van der Waals surface area contributed by atoms with Crippen molar-refractivity contribution in [2.45, 2.75) is 19.3 Å². The predicted octanol–water partition coefficient (Wildman–Crippen LogP) is 1.91. The lowest BCUT2D eigenvalue weighted by Gasteiger charge is -2.17. The van der Waals surface area contributed by atoms with Gasteiger partial charge in [0.15, 0.2) is 11.5 Å². The van der Waals surface area contributed by atoms with Crippen LogP contribution in [0.2, 0.25) is 0 Å². The number of rotatable bonds is 2. The van der Waals surface area contributed by atoms with Crippen LogP contribution in [0.5, 0.6) is 17.2 Å². The van der Waals surface area contributed by atoms with Crippen LogP contribution in [0, 0.1) is 11.3 Å². The number of nitrogens with zero attached hydrogens (tertiary/aromatic N) is 1. The number of hydrogen-bond acceptors (Lipinski definition) is 4. The minimum Gasteiger partial charge on any atom is -0.504 e. The summed E-state index contributed by atoms with van der Waals surface area (Å²) in [5.74, 6) is -0.434. The molecule has 4 nitrogen and oxygen atoms in total. The molecule has 4 heteroatoms. The van der Waals surface area contributed by atoms with Gasteiger partial charge in [-0.05, 0) is 31.5 Å². The van der Waals surface area contributed by atoms with E-state index in [-0.39, 0.29) is 17.2 Å². The summed E-state index contributed by atoms with van der Waals surface area (Å²) in [5.41, 5.74) is -0.143. The van der Waals surface area contributed by atoms with Gasteiger partial charge in [-0.2, -0.15) is 5.26 Å². The summed E-state index contributed by atoms with van der Waals surface area (Å²) in [6.07, 6.45) is 0. The molecule has 0 aliphatic heterocycles. The first-order valence-corrected chi connectivity index (χ1v) is 4.44. The molecule has 15 heavy (non-hydrogen) atoms. The highest BCUT2D eigenvalue weighted by atomic mass is 16.5. The summed E-state index contributed by atoms with van der Waals surface area (Å²) >= 11 is 0. The predicted molar refractivity (Wildman–Crippen MR) is 55.0 cm³/mol. The number of phenols is 2. The second kappa shape index (κ2) is 3.70. The second-order valence-corrected chi connectivity index (χ2v) is 3.78. The maximum atomic E-state index is 9.43. The van der Waals surface area contributed by atoms with E-state index >= 15 is 0 Å². The molecular formula is C11H13NO3. The SMILES string of the molecule is COc1cc(C(C)(C)C#N)cc(O)c1O. The summed E-state index contributed by atoms with van der Waals surface area (Å²) in [5, 5.41) is 27.8. The summed E-state index contributed by atoms with van der Waals surface area (Å²) in [7, 11) is 1.39. The van der Waals surface area contributed by atoms with Crippen molar-refractivity contribution in [3.63, 3.8) is 0 Å². The first-order valence-electron chi connectivity index (χ1n) is 4.44. The Labute approximate surface area is 88.4 Å². The molecule has 0 aliphatic carbocycles. The van der Waals surface area contributed by atoms with Gasteiger partial charge in [0.25, 0.3) is 0 Å². The van der Waals surface area contributed by atoms with Gasteiger partial charge in [0, 0.05) is 0 Å². The van der Waals surface area contributed by atoms with Crippen LogP contribution in [0.3, 0.4) is 0 Å². The van der Waals surface area contributed by atoms with Gasteiger partial charge in [-0.15, -0.1) is 0 Å². The maximum absolute atomic E-state index is 9.43. The zero-order valence-electron chi connectivity index (χ0n) is 8.90. The van der Waals surface area contributed by atoms with Gasteiger partial charge in [-0.25, -0.2) is 0 Å². The first kappa shape index (κ1) is 11.2. The van der Waals surface area contributed by atoms with Crippen LogP contribution in [0.15, 0.2) is 12.1 Å². The van der Waals surface area contributed by atoms with Crippen molar-refractivity contribution in [3.8, 4) is 23.3 Å². The maximum Gasteiger partial charge on any atom is 0.200 e. The molecule has 0 saturated carbocycles. The third kappa shape index (κ3) is 1.96. The van der Waals surface area contributed by atoms with Crippen LogP contribution >= 0.6 is 0 Å². The standard InChI is InChI=1S/C11H13NO3/c1-11(2,6-12)7-4-8(13)10(14)9(5-7)15-3/h4-5,13-14H,1-3H3. The van der Waals surface area contributed by atoms with Gasteiger partial charge in [0.05, 0.1) is 18.6 Å². The molecule has 0 aromatic heterocycles. The van der Waals surface area contributed by atoms with Gasteiger partial charge in [-0.1, -0.05) is 0 Å². The molecule has 0 heterocycles. The first-order chi connectivity index (χ1) is 6.92. The Bertz CT molecular complexity index is 419. The summed E-state index contributed by atoms with van der Waals surface area (Å²) in [4.78, 5) is 0. The molecule has 1 rings (SSSR count).